The van der Waals surface area contributed by atoms with Gasteiger partial charge < -0.3 is 5.32 Å². The Kier molecular flexibility index (Phi) is 5.07. The fraction of sp³-hybridized carbons (Fsp3) is 0.368. The van der Waals surface area contributed by atoms with Gasteiger partial charge in [0.05, 0.1) is 11.4 Å². The third-order valence-electron chi connectivity index (χ3n) is 4.57. The van der Waals surface area contributed by atoms with E-state index in [1.165, 1.54) is 6.07 Å². The van der Waals surface area contributed by atoms with Crippen LogP contribution >= 0.6 is 0 Å². The SMILES string of the molecule is C[C@@H]1CN(Cc2ccccn2)CC[C@H]1Nc1cccc(F)c1C#N. The van der Waals surface area contributed by atoms with Crippen molar-refractivity contribution in [3.8, 4) is 6.07 Å². The number of benzene rings is 1. The molecule has 3 rings (SSSR count). The minimum Gasteiger partial charge on any atom is -0.381 e. The van der Waals surface area contributed by atoms with Crippen LogP contribution in [0.25, 0.3) is 0 Å². The number of halogens is 1. The first-order chi connectivity index (χ1) is 11.7. The van der Waals surface area contributed by atoms with Crippen LogP contribution in [0.2, 0.25) is 0 Å². The average Bonchev–Trinajstić information content (AvgIpc) is 2.58. The van der Waals surface area contributed by atoms with Gasteiger partial charge in [-0.2, -0.15) is 5.26 Å². The Labute approximate surface area is 141 Å². The van der Waals surface area contributed by atoms with Crippen molar-refractivity contribution in [2.24, 2.45) is 5.92 Å². The monoisotopic (exact) mass is 324 g/mol. The van der Waals surface area contributed by atoms with Gasteiger partial charge in [-0.1, -0.05) is 19.1 Å². The zero-order valence-corrected chi connectivity index (χ0v) is 13.7. The fourth-order valence-corrected chi connectivity index (χ4v) is 3.27. The second-order valence-electron chi connectivity index (χ2n) is 6.35. The number of anilines is 1. The maximum atomic E-state index is 13.7. The van der Waals surface area contributed by atoms with E-state index in [1.807, 2.05) is 30.5 Å². The van der Waals surface area contributed by atoms with Crippen LogP contribution in [0.5, 0.6) is 0 Å². The molecular formula is C19H21FN4. The van der Waals surface area contributed by atoms with Crippen molar-refractivity contribution in [3.05, 3.63) is 59.7 Å². The van der Waals surface area contributed by atoms with Crippen molar-refractivity contribution in [1.29, 1.82) is 5.26 Å². The predicted octanol–water partition coefficient (Wildman–Crippen LogP) is 3.41. The number of nitriles is 1. The minimum absolute atomic E-state index is 0.0978. The normalized spacial score (nSPS) is 21.2. The molecular weight excluding hydrogens is 303 g/mol. The highest BCUT2D eigenvalue weighted by Gasteiger charge is 2.27. The van der Waals surface area contributed by atoms with Crippen LogP contribution in [-0.4, -0.2) is 29.0 Å². The summed E-state index contributed by atoms with van der Waals surface area (Å²) >= 11 is 0. The molecule has 24 heavy (non-hydrogen) atoms. The molecule has 0 saturated carbocycles. The molecule has 1 aromatic heterocycles. The summed E-state index contributed by atoms with van der Waals surface area (Å²) < 4.78 is 13.7. The molecule has 0 radical (unpaired) electrons. The third-order valence-corrected chi connectivity index (χ3v) is 4.57. The average molecular weight is 324 g/mol. The number of hydrogen-bond acceptors (Lipinski definition) is 4. The number of nitrogens with zero attached hydrogens (tertiary/aromatic N) is 3. The summed E-state index contributed by atoms with van der Waals surface area (Å²) in [7, 11) is 0. The van der Waals surface area contributed by atoms with Crippen molar-refractivity contribution in [1.82, 2.24) is 9.88 Å². The van der Waals surface area contributed by atoms with Gasteiger partial charge in [0, 0.05) is 31.9 Å². The number of piperidine rings is 1. The molecule has 2 aromatic rings. The highest BCUT2D eigenvalue weighted by molar-refractivity contribution is 5.58. The molecule has 2 atom stereocenters. The van der Waals surface area contributed by atoms with Crippen LogP contribution in [0.4, 0.5) is 10.1 Å². The summed E-state index contributed by atoms with van der Waals surface area (Å²) in [4.78, 5) is 6.77. The lowest BCUT2D eigenvalue weighted by Crippen LogP contribution is -2.45. The van der Waals surface area contributed by atoms with Crippen LogP contribution in [0.1, 0.15) is 24.6 Å². The van der Waals surface area contributed by atoms with Crippen molar-refractivity contribution >= 4 is 5.69 Å². The predicted molar refractivity (Wildman–Crippen MR) is 91.8 cm³/mol. The molecule has 1 N–H and O–H groups in total. The highest BCUT2D eigenvalue weighted by atomic mass is 19.1. The van der Waals surface area contributed by atoms with Crippen molar-refractivity contribution in [2.45, 2.75) is 25.9 Å². The summed E-state index contributed by atoms with van der Waals surface area (Å²) in [5.41, 5.74) is 1.76. The molecule has 1 aromatic carbocycles. The smallest absolute Gasteiger partial charge is 0.143 e. The maximum absolute atomic E-state index is 13.7. The minimum atomic E-state index is -0.470. The molecule has 0 aliphatic carbocycles. The Balaban J connectivity index is 1.62. The first-order valence-corrected chi connectivity index (χ1v) is 8.25. The van der Waals surface area contributed by atoms with E-state index < -0.39 is 5.82 Å². The number of nitrogens with one attached hydrogen (secondary N) is 1. The van der Waals surface area contributed by atoms with E-state index in [2.05, 4.69) is 22.1 Å². The standard InChI is InChI=1S/C19H21FN4/c1-14-12-24(13-15-5-2-3-9-22-15)10-8-18(14)23-19-7-4-6-17(20)16(19)11-21/h2-7,9,14,18,23H,8,10,12-13H2,1H3/t14-,18-/m1/s1. The Morgan fingerprint density at radius 3 is 2.92 bits per heavy atom. The molecule has 0 unspecified atom stereocenters. The van der Waals surface area contributed by atoms with E-state index in [-0.39, 0.29) is 11.6 Å². The van der Waals surface area contributed by atoms with Crippen LogP contribution in [0, 0.1) is 23.1 Å². The fourth-order valence-electron chi connectivity index (χ4n) is 3.27. The molecule has 0 bridgehead atoms. The molecule has 2 heterocycles. The van der Waals surface area contributed by atoms with Crippen LogP contribution < -0.4 is 5.32 Å². The van der Waals surface area contributed by atoms with Crippen molar-refractivity contribution in [3.63, 3.8) is 0 Å². The van der Waals surface area contributed by atoms with Gasteiger partial charge in [-0.25, -0.2) is 4.39 Å². The molecule has 1 saturated heterocycles. The number of likely N-dealkylation sites (tertiary alicyclic amines) is 1. The van der Waals surface area contributed by atoms with Gasteiger partial charge in [-0.15, -0.1) is 0 Å². The Morgan fingerprint density at radius 1 is 1.33 bits per heavy atom. The molecule has 4 nitrogen and oxygen atoms in total. The van der Waals surface area contributed by atoms with Crippen LogP contribution in [-0.2, 0) is 6.54 Å². The van der Waals surface area contributed by atoms with E-state index in [4.69, 9.17) is 5.26 Å². The lowest BCUT2D eigenvalue weighted by molar-refractivity contribution is 0.163. The maximum Gasteiger partial charge on any atom is 0.143 e. The highest BCUT2D eigenvalue weighted by Crippen LogP contribution is 2.25. The summed E-state index contributed by atoms with van der Waals surface area (Å²) in [6.07, 6.45) is 2.77. The number of pyridine rings is 1. The van der Waals surface area contributed by atoms with E-state index in [1.54, 1.807) is 12.1 Å². The Bertz CT molecular complexity index is 726. The quantitative estimate of drug-likeness (QED) is 0.936. The van der Waals surface area contributed by atoms with E-state index in [0.717, 1.165) is 31.7 Å². The van der Waals surface area contributed by atoms with Gasteiger partial charge in [-0.3, -0.25) is 9.88 Å². The molecule has 0 spiro atoms. The van der Waals surface area contributed by atoms with Crippen molar-refractivity contribution < 1.29 is 4.39 Å². The van der Waals surface area contributed by atoms with Gasteiger partial charge in [0.1, 0.15) is 17.4 Å². The molecule has 124 valence electrons. The summed E-state index contributed by atoms with van der Waals surface area (Å²) in [6.45, 7) is 4.94. The molecule has 1 fully saturated rings. The first kappa shape index (κ1) is 16.4. The van der Waals surface area contributed by atoms with E-state index >= 15 is 0 Å². The summed E-state index contributed by atoms with van der Waals surface area (Å²) in [5.74, 6) is -0.0694. The van der Waals surface area contributed by atoms with Gasteiger partial charge in [-0.05, 0) is 36.6 Å². The lowest BCUT2D eigenvalue weighted by atomic mass is 9.93. The summed E-state index contributed by atoms with van der Waals surface area (Å²) in [6, 6.07) is 12.9. The number of rotatable bonds is 4. The number of aromatic nitrogens is 1. The largest absolute Gasteiger partial charge is 0.381 e. The van der Waals surface area contributed by atoms with E-state index in [0.29, 0.717) is 11.6 Å². The van der Waals surface area contributed by atoms with Gasteiger partial charge in [0.2, 0.25) is 0 Å². The zero-order valence-electron chi connectivity index (χ0n) is 13.7. The van der Waals surface area contributed by atoms with Gasteiger partial charge in [0.25, 0.3) is 0 Å². The third kappa shape index (κ3) is 3.72. The first-order valence-electron chi connectivity index (χ1n) is 8.25. The van der Waals surface area contributed by atoms with E-state index in [9.17, 15) is 4.39 Å². The van der Waals surface area contributed by atoms with Crippen LogP contribution in [0.3, 0.4) is 0 Å². The topological polar surface area (TPSA) is 52.0 Å². The van der Waals surface area contributed by atoms with Gasteiger partial charge >= 0.3 is 0 Å². The second-order valence-corrected chi connectivity index (χ2v) is 6.35. The van der Waals surface area contributed by atoms with Gasteiger partial charge in [0.15, 0.2) is 0 Å². The Hall–Kier alpha value is -2.45. The molecule has 0 amide bonds. The lowest BCUT2D eigenvalue weighted by Gasteiger charge is -2.37. The summed E-state index contributed by atoms with van der Waals surface area (Å²) in [5, 5.41) is 12.5. The van der Waals surface area contributed by atoms with Crippen LogP contribution in [0.15, 0.2) is 42.6 Å². The van der Waals surface area contributed by atoms with Crippen molar-refractivity contribution in [2.75, 3.05) is 18.4 Å². The zero-order chi connectivity index (χ0) is 16.9. The molecule has 1 aliphatic heterocycles. The number of hydrogen-bond donors (Lipinski definition) is 1. The Morgan fingerprint density at radius 2 is 2.21 bits per heavy atom. The second kappa shape index (κ2) is 7.41. The molecule has 5 heteroatoms. The molecule has 1 aliphatic rings.